The van der Waals surface area contributed by atoms with E-state index in [-0.39, 0.29) is 5.75 Å². The van der Waals surface area contributed by atoms with Gasteiger partial charge in [-0.1, -0.05) is 35.8 Å². The highest BCUT2D eigenvalue weighted by Crippen LogP contribution is 2.21. The summed E-state index contributed by atoms with van der Waals surface area (Å²) in [5, 5.41) is 3.20. The zero-order chi connectivity index (χ0) is 14.5. The average molecular weight is 349 g/mol. The third-order valence-electron chi connectivity index (χ3n) is 2.59. The molecular weight excluding hydrogens is 328 g/mol. The highest BCUT2D eigenvalue weighted by Gasteiger charge is 2.10. The number of aryl methyl sites for hydroxylation is 1. The number of nitrogens with one attached hydrogen (secondary N) is 2. The minimum atomic E-state index is -3.27. The molecule has 1 rings (SSSR count). The first-order valence-electron chi connectivity index (χ1n) is 6.30. The molecule has 2 N–H and O–H groups in total. The summed E-state index contributed by atoms with van der Waals surface area (Å²) < 4.78 is 27.3. The van der Waals surface area contributed by atoms with Gasteiger partial charge in [-0.2, -0.15) is 0 Å². The normalized spacial score (nSPS) is 11.8. The van der Waals surface area contributed by atoms with Crippen molar-refractivity contribution < 1.29 is 8.42 Å². The van der Waals surface area contributed by atoms with Gasteiger partial charge in [0.15, 0.2) is 0 Å². The quantitative estimate of drug-likeness (QED) is 0.745. The topological polar surface area (TPSA) is 58.2 Å². The Hall–Kier alpha value is -0.590. The van der Waals surface area contributed by atoms with E-state index in [2.05, 4.69) is 26.0 Å². The molecule has 4 nitrogen and oxygen atoms in total. The molecule has 0 aliphatic rings. The second kappa shape index (κ2) is 7.26. The van der Waals surface area contributed by atoms with Crippen LogP contribution in [0.5, 0.6) is 0 Å². The van der Waals surface area contributed by atoms with E-state index in [0.717, 1.165) is 10.0 Å². The predicted octanol–water partition coefficient (Wildman–Crippen LogP) is 2.89. The summed E-state index contributed by atoms with van der Waals surface area (Å²) in [6.45, 7) is 6.74. The third kappa shape index (κ3) is 6.40. The second-order valence-electron chi connectivity index (χ2n) is 4.85. The van der Waals surface area contributed by atoms with Crippen LogP contribution in [-0.4, -0.2) is 26.8 Å². The molecule has 1 aromatic rings. The molecule has 0 heterocycles. The Morgan fingerprint density at radius 2 is 2.00 bits per heavy atom. The summed E-state index contributed by atoms with van der Waals surface area (Å²) in [5.74, 6) is 0.123. The van der Waals surface area contributed by atoms with Crippen LogP contribution in [0.15, 0.2) is 22.7 Å². The molecule has 0 fully saturated rings. The summed E-state index contributed by atoms with van der Waals surface area (Å²) in [7, 11) is -3.27. The molecule has 0 amide bonds. The van der Waals surface area contributed by atoms with E-state index < -0.39 is 10.0 Å². The van der Waals surface area contributed by atoms with E-state index in [4.69, 9.17) is 0 Å². The fraction of sp³-hybridized carbons (Fsp3) is 0.538. The van der Waals surface area contributed by atoms with Crippen molar-refractivity contribution in [1.82, 2.24) is 5.32 Å². The maximum absolute atomic E-state index is 11.9. The lowest BCUT2D eigenvalue weighted by Gasteiger charge is -2.10. The maximum Gasteiger partial charge on any atom is 0.232 e. The Bertz CT molecular complexity index is 515. The van der Waals surface area contributed by atoms with Crippen LogP contribution < -0.4 is 10.0 Å². The van der Waals surface area contributed by atoms with Crippen molar-refractivity contribution >= 4 is 31.6 Å². The molecule has 0 saturated carbocycles. The van der Waals surface area contributed by atoms with Crippen LogP contribution >= 0.6 is 15.9 Å². The molecule has 0 atom stereocenters. The number of sulfonamides is 1. The van der Waals surface area contributed by atoms with Crippen molar-refractivity contribution in [1.29, 1.82) is 0 Å². The molecule has 1 aromatic carbocycles. The van der Waals surface area contributed by atoms with Crippen LogP contribution in [0, 0.1) is 6.92 Å². The number of rotatable bonds is 7. The summed E-state index contributed by atoms with van der Waals surface area (Å²) in [6.07, 6.45) is 0.598. The lowest BCUT2D eigenvalue weighted by Crippen LogP contribution is -2.26. The van der Waals surface area contributed by atoms with Crippen molar-refractivity contribution in [2.75, 3.05) is 17.0 Å². The third-order valence-corrected chi connectivity index (χ3v) is 4.81. The van der Waals surface area contributed by atoms with Crippen molar-refractivity contribution in [3.05, 3.63) is 28.2 Å². The van der Waals surface area contributed by atoms with E-state index >= 15 is 0 Å². The average Bonchev–Trinajstić information content (AvgIpc) is 2.29. The molecule has 0 aromatic heterocycles. The first kappa shape index (κ1) is 16.5. The monoisotopic (exact) mass is 348 g/mol. The fourth-order valence-electron chi connectivity index (χ4n) is 1.54. The van der Waals surface area contributed by atoms with Crippen molar-refractivity contribution in [3.63, 3.8) is 0 Å². The molecule has 108 valence electrons. The van der Waals surface area contributed by atoms with Gasteiger partial charge >= 0.3 is 0 Å². The van der Waals surface area contributed by atoms with Crippen molar-refractivity contribution in [2.24, 2.45) is 0 Å². The maximum atomic E-state index is 11.9. The summed E-state index contributed by atoms with van der Waals surface area (Å²) in [5.41, 5.74) is 1.67. The molecule has 0 saturated heterocycles. The summed E-state index contributed by atoms with van der Waals surface area (Å²) in [6, 6.07) is 5.80. The standard InChI is InChI=1S/C13H21BrN2O2S/c1-10(2)15-7-4-8-19(17,18)16-12-6-5-11(3)13(14)9-12/h5-6,9-10,15-16H,4,7-8H2,1-3H3. The molecule has 0 aliphatic heterocycles. The van der Waals surface area contributed by atoms with Gasteiger partial charge in [-0.15, -0.1) is 0 Å². The molecule has 0 aliphatic carbocycles. The number of hydrogen-bond donors (Lipinski definition) is 2. The van der Waals surface area contributed by atoms with Gasteiger partial charge < -0.3 is 5.32 Å². The van der Waals surface area contributed by atoms with E-state index in [1.807, 2.05) is 26.8 Å². The van der Waals surface area contributed by atoms with E-state index in [9.17, 15) is 8.42 Å². The lowest BCUT2D eigenvalue weighted by atomic mass is 10.2. The van der Waals surface area contributed by atoms with Crippen LogP contribution in [0.25, 0.3) is 0 Å². The van der Waals surface area contributed by atoms with Crippen LogP contribution in [0.1, 0.15) is 25.8 Å². The minimum Gasteiger partial charge on any atom is -0.314 e. The number of anilines is 1. The number of halogens is 1. The Balaban J connectivity index is 2.52. The van der Waals surface area contributed by atoms with Gasteiger partial charge in [-0.25, -0.2) is 8.42 Å². The lowest BCUT2D eigenvalue weighted by molar-refractivity contribution is 0.571. The molecule has 0 bridgehead atoms. The number of benzene rings is 1. The largest absolute Gasteiger partial charge is 0.314 e. The van der Waals surface area contributed by atoms with Gasteiger partial charge in [0.25, 0.3) is 0 Å². The Morgan fingerprint density at radius 1 is 1.32 bits per heavy atom. The molecule has 0 unspecified atom stereocenters. The van der Waals surface area contributed by atoms with Gasteiger partial charge in [-0.3, -0.25) is 4.72 Å². The minimum absolute atomic E-state index is 0.123. The van der Waals surface area contributed by atoms with Gasteiger partial charge in [0.1, 0.15) is 0 Å². The summed E-state index contributed by atoms with van der Waals surface area (Å²) in [4.78, 5) is 0. The molecule has 0 radical (unpaired) electrons. The fourth-order valence-corrected chi connectivity index (χ4v) is 3.03. The van der Waals surface area contributed by atoms with Crippen molar-refractivity contribution in [3.8, 4) is 0 Å². The van der Waals surface area contributed by atoms with Gasteiger partial charge in [0.2, 0.25) is 10.0 Å². The van der Waals surface area contributed by atoms with Crippen LogP contribution in [-0.2, 0) is 10.0 Å². The van der Waals surface area contributed by atoms with Gasteiger partial charge in [0, 0.05) is 16.2 Å². The zero-order valence-corrected chi connectivity index (χ0v) is 13.9. The molecule has 0 spiro atoms. The highest BCUT2D eigenvalue weighted by molar-refractivity contribution is 9.10. The van der Waals surface area contributed by atoms with Gasteiger partial charge in [0.05, 0.1) is 5.75 Å². The van der Waals surface area contributed by atoms with E-state index in [1.54, 1.807) is 12.1 Å². The van der Waals surface area contributed by atoms with E-state index in [1.165, 1.54) is 0 Å². The van der Waals surface area contributed by atoms with E-state index in [0.29, 0.717) is 24.7 Å². The van der Waals surface area contributed by atoms with Crippen molar-refractivity contribution in [2.45, 2.75) is 33.2 Å². The second-order valence-corrected chi connectivity index (χ2v) is 7.54. The summed E-state index contributed by atoms with van der Waals surface area (Å²) >= 11 is 3.39. The van der Waals surface area contributed by atoms with Crippen LogP contribution in [0.2, 0.25) is 0 Å². The van der Waals surface area contributed by atoms with Crippen LogP contribution in [0.3, 0.4) is 0 Å². The smallest absolute Gasteiger partial charge is 0.232 e. The Morgan fingerprint density at radius 3 is 2.58 bits per heavy atom. The molecular formula is C13H21BrN2O2S. The SMILES string of the molecule is Cc1ccc(NS(=O)(=O)CCCNC(C)C)cc1Br. The zero-order valence-electron chi connectivity index (χ0n) is 11.5. The highest BCUT2D eigenvalue weighted by atomic mass is 79.9. The first-order valence-corrected chi connectivity index (χ1v) is 8.75. The Labute approximate surface area is 124 Å². The Kier molecular flexibility index (Phi) is 6.29. The number of hydrogen-bond acceptors (Lipinski definition) is 3. The van der Waals surface area contributed by atoms with Gasteiger partial charge in [-0.05, 0) is 37.6 Å². The van der Waals surface area contributed by atoms with Crippen LogP contribution in [0.4, 0.5) is 5.69 Å². The molecule has 6 heteroatoms. The predicted molar refractivity (Wildman–Crippen MR) is 84.0 cm³/mol. The molecule has 19 heavy (non-hydrogen) atoms. The first-order chi connectivity index (χ1) is 8.80.